The number of pyridine rings is 1. The summed E-state index contributed by atoms with van der Waals surface area (Å²) < 4.78 is 7.42. The van der Waals surface area contributed by atoms with E-state index in [-0.39, 0.29) is 0 Å². The highest BCUT2D eigenvalue weighted by atomic mass is 16.5. The maximum atomic E-state index is 5.52. The molecular formula is C15H15N5O. The molecule has 6 heteroatoms. The first-order valence-electron chi connectivity index (χ1n) is 6.69. The van der Waals surface area contributed by atoms with E-state index in [1.165, 1.54) is 0 Å². The van der Waals surface area contributed by atoms with E-state index in [1.54, 1.807) is 12.4 Å². The average Bonchev–Trinajstić information content (AvgIpc) is 2.95. The zero-order valence-corrected chi connectivity index (χ0v) is 11.9. The molecule has 0 atom stereocenters. The highest BCUT2D eigenvalue weighted by Crippen LogP contribution is 2.26. The molecule has 0 aromatic carbocycles. The van der Waals surface area contributed by atoms with E-state index < -0.39 is 0 Å². The Bertz CT molecular complexity index is 736. The van der Waals surface area contributed by atoms with Crippen LogP contribution in [0.1, 0.15) is 6.92 Å². The molecule has 3 heterocycles. The molecule has 3 rings (SSSR count). The van der Waals surface area contributed by atoms with Gasteiger partial charge in [-0.15, -0.1) is 10.2 Å². The molecule has 106 valence electrons. The molecule has 0 aliphatic rings. The molecule has 21 heavy (non-hydrogen) atoms. The Morgan fingerprint density at radius 3 is 2.52 bits per heavy atom. The third kappa shape index (κ3) is 2.60. The third-order valence-electron chi connectivity index (χ3n) is 3.04. The summed E-state index contributed by atoms with van der Waals surface area (Å²) in [6.45, 7) is 2.48. The van der Waals surface area contributed by atoms with Crippen molar-refractivity contribution in [2.24, 2.45) is 7.05 Å². The lowest BCUT2D eigenvalue weighted by Crippen LogP contribution is -1.99. The van der Waals surface area contributed by atoms with Crippen molar-refractivity contribution in [1.82, 2.24) is 24.7 Å². The van der Waals surface area contributed by atoms with E-state index >= 15 is 0 Å². The maximum Gasteiger partial charge on any atom is 0.222 e. The van der Waals surface area contributed by atoms with Gasteiger partial charge in [-0.3, -0.25) is 0 Å². The number of aromatic nitrogens is 5. The number of hydrogen-bond acceptors (Lipinski definition) is 5. The van der Waals surface area contributed by atoms with Crippen LogP contribution < -0.4 is 4.74 Å². The van der Waals surface area contributed by atoms with Crippen LogP contribution in [-0.2, 0) is 7.05 Å². The fourth-order valence-corrected chi connectivity index (χ4v) is 2.05. The Labute approximate surface area is 122 Å². The van der Waals surface area contributed by atoms with Gasteiger partial charge in [0.1, 0.15) is 5.69 Å². The first-order valence-corrected chi connectivity index (χ1v) is 6.69. The Morgan fingerprint density at radius 1 is 1.05 bits per heavy atom. The summed E-state index contributed by atoms with van der Waals surface area (Å²) in [5, 5.41) is 8.51. The van der Waals surface area contributed by atoms with Crippen molar-refractivity contribution in [2.45, 2.75) is 6.92 Å². The zero-order chi connectivity index (χ0) is 14.7. The van der Waals surface area contributed by atoms with Gasteiger partial charge in [0, 0.05) is 25.6 Å². The van der Waals surface area contributed by atoms with Gasteiger partial charge in [-0.05, 0) is 31.2 Å². The lowest BCUT2D eigenvalue weighted by molar-refractivity contribution is 0.328. The van der Waals surface area contributed by atoms with Gasteiger partial charge in [-0.2, -0.15) is 0 Å². The summed E-state index contributed by atoms with van der Waals surface area (Å²) in [4.78, 5) is 8.48. The van der Waals surface area contributed by atoms with E-state index in [1.807, 2.05) is 49.0 Å². The molecule has 0 saturated heterocycles. The van der Waals surface area contributed by atoms with Gasteiger partial charge in [-0.25, -0.2) is 9.97 Å². The molecule has 6 nitrogen and oxygen atoms in total. The number of rotatable bonds is 4. The number of hydrogen-bond donors (Lipinski definition) is 0. The van der Waals surface area contributed by atoms with Crippen molar-refractivity contribution in [1.29, 1.82) is 0 Å². The van der Waals surface area contributed by atoms with Gasteiger partial charge in [0.15, 0.2) is 5.82 Å². The molecule has 0 fully saturated rings. The highest BCUT2D eigenvalue weighted by molar-refractivity contribution is 5.65. The number of ether oxygens (including phenoxy) is 1. The normalized spacial score (nSPS) is 10.6. The van der Waals surface area contributed by atoms with Gasteiger partial charge in [0.2, 0.25) is 5.88 Å². The van der Waals surface area contributed by atoms with Gasteiger partial charge < -0.3 is 9.30 Å². The number of imidazole rings is 1. The van der Waals surface area contributed by atoms with Crippen LogP contribution in [0, 0.1) is 0 Å². The topological polar surface area (TPSA) is 65.7 Å². The molecule has 0 aliphatic heterocycles. The van der Waals surface area contributed by atoms with Gasteiger partial charge in [-0.1, -0.05) is 0 Å². The molecule has 3 aromatic rings. The average molecular weight is 281 g/mol. The summed E-state index contributed by atoms with van der Waals surface area (Å²) in [6.07, 6.45) is 5.31. The fourth-order valence-electron chi connectivity index (χ4n) is 2.05. The predicted molar refractivity (Wildman–Crippen MR) is 78.6 cm³/mol. The SMILES string of the molecule is CCOc1ncccc1-c1ccc(-c2nccn2C)nn1. The standard InChI is InChI=1S/C15H15N5O/c1-3-21-15-11(5-4-8-17-15)12-6-7-13(19-18-12)14-16-9-10-20(14)2/h4-10H,3H2,1-2H3. The lowest BCUT2D eigenvalue weighted by atomic mass is 10.2. The van der Waals surface area contributed by atoms with E-state index in [0.29, 0.717) is 12.5 Å². The van der Waals surface area contributed by atoms with E-state index in [0.717, 1.165) is 22.8 Å². The summed E-state index contributed by atoms with van der Waals surface area (Å²) in [5.74, 6) is 1.35. The first kappa shape index (κ1) is 13.2. The number of nitrogens with zero attached hydrogens (tertiary/aromatic N) is 5. The Morgan fingerprint density at radius 2 is 1.86 bits per heavy atom. The summed E-state index contributed by atoms with van der Waals surface area (Å²) in [7, 11) is 1.92. The highest BCUT2D eigenvalue weighted by Gasteiger charge is 2.11. The molecule has 0 spiro atoms. The molecular weight excluding hydrogens is 266 g/mol. The summed E-state index contributed by atoms with van der Waals surface area (Å²) >= 11 is 0. The smallest absolute Gasteiger partial charge is 0.222 e. The third-order valence-corrected chi connectivity index (χ3v) is 3.04. The number of aryl methyl sites for hydroxylation is 1. The second-order valence-corrected chi connectivity index (χ2v) is 4.45. The minimum absolute atomic E-state index is 0.558. The van der Waals surface area contributed by atoms with E-state index in [4.69, 9.17) is 4.74 Å². The van der Waals surface area contributed by atoms with Gasteiger partial charge in [0.25, 0.3) is 0 Å². The van der Waals surface area contributed by atoms with Crippen molar-refractivity contribution in [3.63, 3.8) is 0 Å². The summed E-state index contributed by atoms with van der Waals surface area (Å²) in [6, 6.07) is 7.57. The van der Waals surface area contributed by atoms with Crippen molar-refractivity contribution in [3.8, 4) is 28.7 Å². The second kappa shape index (κ2) is 5.70. The Hall–Kier alpha value is -2.76. The van der Waals surface area contributed by atoms with Crippen molar-refractivity contribution in [2.75, 3.05) is 6.61 Å². The first-order chi connectivity index (χ1) is 10.3. The molecule has 0 aliphatic carbocycles. The van der Waals surface area contributed by atoms with Crippen molar-refractivity contribution >= 4 is 0 Å². The lowest BCUT2D eigenvalue weighted by Gasteiger charge is -2.08. The van der Waals surface area contributed by atoms with Crippen LogP contribution in [0.25, 0.3) is 22.8 Å². The van der Waals surface area contributed by atoms with Crippen LogP contribution in [0.3, 0.4) is 0 Å². The minimum Gasteiger partial charge on any atom is -0.477 e. The monoisotopic (exact) mass is 281 g/mol. The molecule has 0 amide bonds. The van der Waals surface area contributed by atoms with Gasteiger partial charge in [0.05, 0.1) is 17.9 Å². The van der Waals surface area contributed by atoms with E-state index in [2.05, 4.69) is 20.2 Å². The Kier molecular flexibility index (Phi) is 3.59. The van der Waals surface area contributed by atoms with Crippen LogP contribution in [0.2, 0.25) is 0 Å². The Balaban J connectivity index is 1.96. The zero-order valence-electron chi connectivity index (χ0n) is 11.9. The quantitative estimate of drug-likeness (QED) is 0.734. The molecule has 0 radical (unpaired) electrons. The summed E-state index contributed by atoms with van der Waals surface area (Å²) in [5.41, 5.74) is 2.29. The van der Waals surface area contributed by atoms with E-state index in [9.17, 15) is 0 Å². The molecule has 0 unspecified atom stereocenters. The van der Waals surface area contributed by atoms with Crippen molar-refractivity contribution < 1.29 is 4.74 Å². The van der Waals surface area contributed by atoms with Crippen LogP contribution in [-0.4, -0.2) is 31.3 Å². The van der Waals surface area contributed by atoms with Crippen molar-refractivity contribution in [3.05, 3.63) is 42.9 Å². The molecule has 0 bridgehead atoms. The van der Waals surface area contributed by atoms with Gasteiger partial charge >= 0.3 is 0 Å². The molecule has 3 aromatic heterocycles. The second-order valence-electron chi connectivity index (χ2n) is 4.45. The fraction of sp³-hybridized carbons (Fsp3) is 0.200. The van der Waals surface area contributed by atoms with Crippen LogP contribution in [0.15, 0.2) is 42.9 Å². The van der Waals surface area contributed by atoms with Crippen LogP contribution in [0.4, 0.5) is 0 Å². The van der Waals surface area contributed by atoms with Crippen LogP contribution >= 0.6 is 0 Å². The maximum absolute atomic E-state index is 5.52. The van der Waals surface area contributed by atoms with Crippen LogP contribution in [0.5, 0.6) is 5.88 Å². The molecule has 0 N–H and O–H groups in total. The minimum atomic E-state index is 0.558. The molecule has 0 saturated carbocycles. The largest absolute Gasteiger partial charge is 0.477 e. The predicted octanol–water partition coefficient (Wildman–Crippen LogP) is 2.34.